The molecule has 0 aliphatic heterocycles. The molecule has 0 atom stereocenters. The Morgan fingerprint density at radius 3 is 2.46 bits per heavy atom. The second kappa shape index (κ2) is 7.23. The highest BCUT2D eigenvalue weighted by molar-refractivity contribution is 9.10. The van der Waals surface area contributed by atoms with Crippen LogP contribution in [0.4, 0.5) is 23.0 Å². The van der Waals surface area contributed by atoms with E-state index in [2.05, 4.69) is 36.5 Å². The zero-order valence-electron chi connectivity index (χ0n) is 13.0. The number of anilines is 4. The first-order valence-electron chi connectivity index (χ1n) is 7.33. The Morgan fingerprint density at radius 2 is 1.71 bits per heavy atom. The van der Waals surface area contributed by atoms with Gasteiger partial charge in [-0.25, -0.2) is 9.97 Å². The van der Waals surface area contributed by atoms with E-state index in [1.165, 1.54) is 6.33 Å². The number of hydrogen-bond acceptors (Lipinski definition) is 5. The van der Waals surface area contributed by atoms with Crippen LogP contribution in [0, 0.1) is 0 Å². The molecule has 2 N–H and O–H groups in total. The number of ketones is 1. The van der Waals surface area contributed by atoms with Gasteiger partial charge in [0.2, 0.25) is 0 Å². The standard InChI is InChI=1S/C18H15BrN4O/c1-12(24)13-5-4-6-14(9-13)22-17-10-18(21-11-20-17)23-16-8-3-2-7-15(16)19/h2-11H,1H3,(H2,20,21,22,23). The third kappa shape index (κ3) is 3.97. The van der Waals surface area contributed by atoms with Crippen molar-refractivity contribution in [2.45, 2.75) is 6.92 Å². The molecule has 0 saturated heterocycles. The molecule has 0 radical (unpaired) electrons. The van der Waals surface area contributed by atoms with Crippen LogP contribution in [-0.4, -0.2) is 15.8 Å². The number of carbonyl (C=O) groups excluding carboxylic acids is 1. The Kier molecular flexibility index (Phi) is 4.86. The first-order chi connectivity index (χ1) is 11.6. The first-order valence-corrected chi connectivity index (χ1v) is 8.13. The van der Waals surface area contributed by atoms with Crippen molar-refractivity contribution in [2.24, 2.45) is 0 Å². The molecule has 5 nitrogen and oxygen atoms in total. The van der Waals surface area contributed by atoms with Crippen LogP contribution >= 0.6 is 15.9 Å². The zero-order valence-corrected chi connectivity index (χ0v) is 14.5. The summed E-state index contributed by atoms with van der Waals surface area (Å²) >= 11 is 3.49. The molecule has 3 rings (SSSR count). The number of halogens is 1. The van der Waals surface area contributed by atoms with E-state index in [9.17, 15) is 4.79 Å². The molecule has 3 aromatic rings. The lowest BCUT2D eigenvalue weighted by atomic mass is 10.1. The van der Waals surface area contributed by atoms with E-state index >= 15 is 0 Å². The van der Waals surface area contributed by atoms with Crippen molar-refractivity contribution in [3.05, 3.63) is 71.0 Å². The Bertz CT molecular complexity index is 882. The molecule has 0 aliphatic rings. The van der Waals surface area contributed by atoms with Gasteiger partial charge < -0.3 is 10.6 Å². The summed E-state index contributed by atoms with van der Waals surface area (Å²) in [7, 11) is 0. The number of para-hydroxylation sites is 1. The lowest BCUT2D eigenvalue weighted by molar-refractivity contribution is 0.101. The number of nitrogens with zero attached hydrogens (tertiary/aromatic N) is 2. The Hall–Kier alpha value is -2.73. The SMILES string of the molecule is CC(=O)c1cccc(Nc2cc(Nc3ccccc3Br)ncn2)c1. The number of rotatable bonds is 5. The van der Waals surface area contributed by atoms with E-state index in [4.69, 9.17) is 0 Å². The van der Waals surface area contributed by atoms with E-state index in [-0.39, 0.29) is 5.78 Å². The summed E-state index contributed by atoms with van der Waals surface area (Å²) in [6.45, 7) is 1.55. The number of aromatic nitrogens is 2. The van der Waals surface area contributed by atoms with Crippen LogP contribution in [0.1, 0.15) is 17.3 Å². The van der Waals surface area contributed by atoms with Crippen LogP contribution in [-0.2, 0) is 0 Å². The summed E-state index contributed by atoms with van der Waals surface area (Å²) in [5.74, 6) is 1.33. The Labute approximate surface area is 148 Å². The minimum Gasteiger partial charge on any atom is -0.340 e. The molecule has 0 aliphatic carbocycles. The molecule has 0 fully saturated rings. The fourth-order valence-electron chi connectivity index (χ4n) is 2.16. The highest BCUT2D eigenvalue weighted by Crippen LogP contribution is 2.25. The van der Waals surface area contributed by atoms with Crippen molar-refractivity contribution in [2.75, 3.05) is 10.6 Å². The quantitative estimate of drug-likeness (QED) is 0.612. The van der Waals surface area contributed by atoms with Gasteiger partial charge in [0, 0.05) is 21.8 Å². The molecular formula is C18H15BrN4O. The second-order valence-corrected chi connectivity index (χ2v) is 6.01. The molecule has 0 amide bonds. The van der Waals surface area contributed by atoms with Crippen LogP contribution in [0.5, 0.6) is 0 Å². The zero-order chi connectivity index (χ0) is 16.9. The van der Waals surface area contributed by atoms with Crippen molar-refractivity contribution in [1.29, 1.82) is 0 Å². The van der Waals surface area contributed by atoms with Gasteiger partial charge in [-0.2, -0.15) is 0 Å². The average Bonchev–Trinajstić information content (AvgIpc) is 2.57. The normalized spacial score (nSPS) is 10.2. The van der Waals surface area contributed by atoms with Crippen molar-refractivity contribution >= 4 is 44.7 Å². The topological polar surface area (TPSA) is 66.9 Å². The molecule has 2 aromatic carbocycles. The van der Waals surface area contributed by atoms with Crippen molar-refractivity contribution < 1.29 is 4.79 Å². The number of nitrogens with one attached hydrogen (secondary N) is 2. The molecule has 0 bridgehead atoms. The number of Topliss-reactive ketones (excluding diaryl/α,β-unsaturated/α-hetero) is 1. The highest BCUT2D eigenvalue weighted by atomic mass is 79.9. The largest absolute Gasteiger partial charge is 0.340 e. The maximum Gasteiger partial charge on any atom is 0.159 e. The van der Waals surface area contributed by atoms with E-state index < -0.39 is 0 Å². The fourth-order valence-corrected chi connectivity index (χ4v) is 2.54. The number of hydrogen-bond donors (Lipinski definition) is 2. The van der Waals surface area contributed by atoms with Crippen molar-refractivity contribution in [1.82, 2.24) is 9.97 Å². The van der Waals surface area contributed by atoms with Crippen molar-refractivity contribution in [3.8, 4) is 0 Å². The third-order valence-electron chi connectivity index (χ3n) is 3.35. The summed E-state index contributed by atoms with van der Waals surface area (Å²) in [6, 6.07) is 16.9. The lowest BCUT2D eigenvalue weighted by Gasteiger charge is -2.10. The van der Waals surface area contributed by atoms with Crippen LogP contribution in [0.15, 0.2) is 65.4 Å². The first kappa shape index (κ1) is 16.1. The van der Waals surface area contributed by atoms with Gasteiger partial charge in [0.1, 0.15) is 18.0 Å². The maximum atomic E-state index is 11.5. The van der Waals surface area contributed by atoms with E-state index in [1.807, 2.05) is 36.4 Å². The van der Waals surface area contributed by atoms with Crippen LogP contribution < -0.4 is 10.6 Å². The van der Waals surface area contributed by atoms with E-state index in [0.29, 0.717) is 17.2 Å². The van der Waals surface area contributed by atoms with E-state index in [1.54, 1.807) is 25.1 Å². The minimum atomic E-state index is 0.0256. The van der Waals surface area contributed by atoms with Crippen molar-refractivity contribution in [3.63, 3.8) is 0 Å². The third-order valence-corrected chi connectivity index (χ3v) is 4.04. The second-order valence-electron chi connectivity index (χ2n) is 5.16. The molecule has 1 aromatic heterocycles. The van der Waals surface area contributed by atoms with Gasteiger partial charge in [-0.15, -0.1) is 0 Å². The molecule has 0 spiro atoms. The Morgan fingerprint density at radius 1 is 0.958 bits per heavy atom. The molecule has 24 heavy (non-hydrogen) atoms. The molecular weight excluding hydrogens is 368 g/mol. The predicted molar refractivity (Wildman–Crippen MR) is 99.2 cm³/mol. The number of carbonyl (C=O) groups is 1. The van der Waals surface area contributed by atoms with Gasteiger partial charge in [-0.05, 0) is 47.1 Å². The van der Waals surface area contributed by atoms with Crippen LogP contribution in [0.2, 0.25) is 0 Å². The molecule has 6 heteroatoms. The molecule has 0 unspecified atom stereocenters. The van der Waals surface area contributed by atoms with Gasteiger partial charge >= 0.3 is 0 Å². The van der Waals surface area contributed by atoms with Crippen LogP contribution in [0.25, 0.3) is 0 Å². The highest BCUT2D eigenvalue weighted by Gasteiger charge is 2.04. The summed E-state index contributed by atoms with van der Waals surface area (Å²) < 4.78 is 0.951. The van der Waals surface area contributed by atoms with Crippen LogP contribution in [0.3, 0.4) is 0 Å². The lowest BCUT2D eigenvalue weighted by Crippen LogP contribution is -2.00. The molecule has 0 saturated carbocycles. The molecule has 120 valence electrons. The average molecular weight is 383 g/mol. The smallest absolute Gasteiger partial charge is 0.159 e. The van der Waals surface area contributed by atoms with Gasteiger partial charge in [0.25, 0.3) is 0 Å². The monoisotopic (exact) mass is 382 g/mol. The summed E-state index contributed by atoms with van der Waals surface area (Å²) in [5.41, 5.74) is 2.37. The Balaban J connectivity index is 1.79. The summed E-state index contributed by atoms with van der Waals surface area (Å²) in [5, 5.41) is 6.42. The summed E-state index contributed by atoms with van der Waals surface area (Å²) in [6.07, 6.45) is 1.48. The molecule has 1 heterocycles. The van der Waals surface area contributed by atoms with Gasteiger partial charge in [0.05, 0.1) is 5.69 Å². The predicted octanol–water partition coefficient (Wildman–Crippen LogP) is 4.93. The summed E-state index contributed by atoms with van der Waals surface area (Å²) in [4.78, 5) is 19.9. The van der Waals surface area contributed by atoms with Gasteiger partial charge in [0.15, 0.2) is 5.78 Å². The fraction of sp³-hybridized carbons (Fsp3) is 0.0556. The maximum absolute atomic E-state index is 11.5. The number of benzene rings is 2. The van der Waals surface area contributed by atoms with E-state index in [0.717, 1.165) is 15.8 Å². The minimum absolute atomic E-state index is 0.0256. The van der Waals surface area contributed by atoms with Gasteiger partial charge in [-0.3, -0.25) is 4.79 Å². The van der Waals surface area contributed by atoms with Gasteiger partial charge in [-0.1, -0.05) is 24.3 Å².